The lowest BCUT2D eigenvalue weighted by molar-refractivity contribution is -0.0122. The van der Waals surface area contributed by atoms with Crippen molar-refractivity contribution in [3.05, 3.63) is 66.4 Å². The Hall–Kier alpha value is -2.57. The quantitative estimate of drug-likeness (QED) is 0.679. The Bertz CT molecular complexity index is 790. The van der Waals surface area contributed by atoms with E-state index in [1.54, 1.807) is 12.5 Å². The summed E-state index contributed by atoms with van der Waals surface area (Å²) < 4.78 is 11.4. The Morgan fingerprint density at radius 2 is 2.04 bits per heavy atom. The fraction of sp³-hybridized carbons (Fsp3) is 0.350. The molecule has 0 N–H and O–H groups in total. The summed E-state index contributed by atoms with van der Waals surface area (Å²) in [6.07, 6.45) is 11.5. The first kappa shape index (κ1) is 16.9. The molecule has 1 fully saturated rings. The van der Waals surface area contributed by atoms with Crippen molar-refractivity contribution in [2.24, 2.45) is 0 Å². The van der Waals surface area contributed by atoms with E-state index in [9.17, 15) is 0 Å². The van der Waals surface area contributed by atoms with Crippen LogP contribution in [0.25, 0.3) is 11.6 Å². The largest absolute Gasteiger partial charge is 0.461 e. The molecule has 0 saturated carbocycles. The number of aromatic nitrogens is 3. The van der Waals surface area contributed by atoms with Crippen molar-refractivity contribution in [3.8, 4) is 11.6 Å². The van der Waals surface area contributed by atoms with Gasteiger partial charge in [-0.3, -0.25) is 9.88 Å². The molecule has 6 nitrogen and oxygen atoms in total. The Balaban J connectivity index is 1.30. The van der Waals surface area contributed by atoms with E-state index in [0.29, 0.717) is 18.2 Å². The smallest absolute Gasteiger partial charge is 0.195 e. The van der Waals surface area contributed by atoms with Crippen molar-refractivity contribution in [1.29, 1.82) is 0 Å². The van der Waals surface area contributed by atoms with Crippen molar-refractivity contribution >= 4 is 0 Å². The summed E-state index contributed by atoms with van der Waals surface area (Å²) in [5, 5.41) is 0. The van der Waals surface area contributed by atoms with Crippen molar-refractivity contribution in [2.75, 3.05) is 13.1 Å². The Labute approximate surface area is 152 Å². The molecule has 4 heterocycles. The van der Waals surface area contributed by atoms with E-state index >= 15 is 0 Å². The molecule has 3 aromatic rings. The number of pyridine rings is 1. The number of hydrogen-bond donors (Lipinski definition) is 0. The lowest BCUT2D eigenvalue weighted by Crippen LogP contribution is -2.39. The van der Waals surface area contributed by atoms with Crippen molar-refractivity contribution in [1.82, 2.24) is 19.9 Å². The van der Waals surface area contributed by atoms with Gasteiger partial charge in [-0.05, 0) is 43.1 Å². The van der Waals surface area contributed by atoms with E-state index in [2.05, 4.69) is 19.9 Å². The maximum Gasteiger partial charge on any atom is 0.195 e. The van der Waals surface area contributed by atoms with Gasteiger partial charge in [0.15, 0.2) is 11.6 Å². The number of ether oxygens (including phenoxy) is 1. The van der Waals surface area contributed by atoms with E-state index in [4.69, 9.17) is 9.15 Å². The van der Waals surface area contributed by atoms with E-state index in [1.165, 1.54) is 0 Å². The van der Waals surface area contributed by atoms with E-state index < -0.39 is 0 Å². The van der Waals surface area contributed by atoms with Gasteiger partial charge in [-0.1, -0.05) is 6.07 Å². The van der Waals surface area contributed by atoms with Crippen LogP contribution in [0.1, 0.15) is 24.0 Å². The van der Waals surface area contributed by atoms with Crippen LogP contribution in [0.3, 0.4) is 0 Å². The Kier molecular flexibility index (Phi) is 5.33. The summed E-state index contributed by atoms with van der Waals surface area (Å²) in [6, 6.07) is 7.69. The average molecular weight is 350 g/mol. The molecule has 1 atom stereocenters. The molecule has 3 aromatic heterocycles. The van der Waals surface area contributed by atoms with Gasteiger partial charge >= 0.3 is 0 Å². The normalized spacial score (nSPS) is 18.1. The molecule has 1 aliphatic heterocycles. The Morgan fingerprint density at radius 3 is 2.81 bits per heavy atom. The molecule has 0 spiro atoms. The highest BCUT2D eigenvalue weighted by Crippen LogP contribution is 2.18. The summed E-state index contributed by atoms with van der Waals surface area (Å²) in [6.45, 7) is 3.46. The number of piperidine rings is 1. The predicted molar refractivity (Wildman–Crippen MR) is 97.1 cm³/mol. The highest BCUT2D eigenvalue weighted by Gasteiger charge is 2.20. The number of hydrogen-bond acceptors (Lipinski definition) is 6. The summed E-state index contributed by atoms with van der Waals surface area (Å²) >= 11 is 0. The van der Waals surface area contributed by atoms with Crippen molar-refractivity contribution in [3.63, 3.8) is 0 Å². The van der Waals surface area contributed by atoms with Gasteiger partial charge in [0.25, 0.3) is 0 Å². The highest BCUT2D eigenvalue weighted by molar-refractivity contribution is 5.45. The van der Waals surface area contributed by atoms with Crippen LogP contribution in [-0.2, 0) is 17.9 Å². The average Bonchev–Trinajstić information content (AvgIpc) is 3.23. The molecule has 0 bridgehead atoms. The van der Waals surface area contributed by atoms with Gasteiger partial charge in [-0.2, -0.15) is 0 Å². The summed E-state index contributed by atoms with van der Waals surface area (Å²) in [5.74, 6) is 1.31. The van der Waals surface area contributed by atoms with E-state index in [0.717, 1.165) is 43.6 Å². The van der Waals surface area contributed by atoms with Gasteiger partial charge < -0.3 is 9.15 Å². The second kappa shape index (κ2) is 8.21. The minimum atomic E-state index is 0.257. The minimum absolute atomic E-state index is 0.257. The molecule has 6 heteroatoms. The molecule has 26 heavy (non-hydrogen) atoms. The molecular weight excluding hydrogens is 328 g/mol. The fourth-order valence-corrected chi connectivity index (χ4v) is 3.22. The predicted octanol–water partition coefficient (Wildman–Crippen LogP) is 3.31. The summed E-state index contributed by atoms with van der Waals surface area (Å²) in [4.78, 5) is 15.4. The van der Waals surface area contributed by atoms with Crippen LogP contribution in [0.2, 0.25) is 0 Å². The number of furan rings is 1. The van der Waals surface area contributed by atoms with Crippen LogP contribution in [0.5, 0.6) is 0 Å². The molecule has 0 radical (unpaired) electrons. The first-order valence-corrected chi connectivity index (χ1v) is 8.94. The lowest BCUT2D eigenvalue weighted by atomic mass is 10.1. The van der Waals surface area contributed by atoms with Gasteiger partial charge in [-0.25, -0.2) is 9.97 Å². The molecule has 0 aliphatic carbocycles. The van der Waals surface area contributed by atoms with Crippen LogP contribution in [-0.4, -0.2) is 39.0 Å². The van der Waals surface area contributed by atoms with Gasteiger partial charge in [0.1, 0.15) is 0 Å². The molecule has 1 saturated heterocycles. The third-order valence-electron chi connectivity index (χ3n) is 4.52. The second-order valence-electron chi connectivity index (χ2n) is 6.56. The zero-order chi connectivity index (χ0) is 17.6. The number of rotatable bonds is 6. The molecule has 0 amide bonds. The topological polar surface area (TPSA) is 64.3 Å². The molecule has 4 rings (SSSR count). The van der Waals surface area contributed by atoms with Gasteiger partial charge in [0.05, 0.1) is 19.0 Å². The summed E-state index contributed by atoms with van der Waals surface area (Å²) in [7, 11) is 0. The first-order chi connectivity index (χ1) is 12.9. The Morgan fingerprint density at radius 1 is 1.12 bits per heavy atom. The van der Waals surface area contributed by atoms with Crippen LogP contribution >= 0.6 is 0 Å². The third kappa shape index (κ3) is 4.33. The van der Waals surface area contributed by atoms with Crippen LogP contribution in [0.4, 0.5) is 0 Å². The fourth-order valence-electron chi connectivity index (χ4n) is 3.22. The van der Waals surface area contributed by atoms with E-state index in [1.807, 2.05) is 42.9 Å². The first-order valence-electron chi connectivity index (χ1n) is 8.94. The minimum Gasteiger partial charge on any atom is -0.461 e. The zero-order valence-corrected chi connectivity index (χ0v) is 14.6. The van der Waals surface area contributed by atoms with Crippen LogP contribution in [0, 0.1) is 0 Å². The maximum atomic E-state index is 6.08. The summed E-state index contributed by atoms with van der Waals surface area (Å²) in [5.41, 5.74) is 2.22. The SMILES string of the molecule is c1cncc(CO[C@@H]2CCCN(Cc3cnc(-c4ccco4)nc3)C2)c1. The lowest BCUT2D eigenvalue weighted by Gasteiger charge is -2.32. The van der Waals surface area contributed by atoms with Crippen molar-refractivity contribution in [2.45, 2.75) is 32.1 Å². The molecule has 134 valence electrons. The van der Waals surface area contributed by atoms with Gasteiger partial charge in [0, 0.05) is 43.4 Å². The number of nitrogens with zero attached hydrogens (tertiary/aromatic N) is 4. The molecule has 1 aliphatic rings. The van der Waals surface area contributed by atoms with Gasteiger partial charge in [-0.15, -0.1) is 0 Å². The monoisotopic (exact) mass is 350 g/mol. The van der Waals surface area contributed by atoms with Crippen LogP contribution < -0.4 is 0 Å². The standard InChI is InChI=1S/C20H22N4O2/c1-4-16(10-21-7-1)15-26-18-5-2-8-24(14-18)13-17-11-22-20(23-12-17)19-6-3-9-25-19/h1,3-4,6-7,9-12,18H,2,5,8,13-15H2/t18-/m1/s1. The van der Waals surface area contributed by atoms with E-state index in [-0.39, 0.29) is 6.10 Å². The zero-order valence-electron chi connectivity index (χ0n) is 14.6. The maximum absolute atomic E-state index is 6.08. The molecule has 0 aromatic carbocycles. The third-order valence-corrected chi connectivity index (χ3v) is 4.52. The van der Waals surface area contributed by atoms with Crippen molar-refractivity contribution < 1.29 is 9.15 Å². The number of likely N-dealkylation sites (tertiary alicyclic amines) is 1. The molecule has 0 unspecified atom stereocenters. The second-order valence-corrected chi connectivity index (χ2v) is 6.56. The molecular formula is C20H22N4O2. The van der Waals surface area contributed by atoms with Crippen LogP contribution in [0.15, 0.2) is 59.7 Å². The van der Waals surface area contributed by atoms with Gasteiger partial charge in [0.2, 0.25) is 0 Å². The highest BCUT2D eigenvalue weighted by atomic mass is 16.5.